The lowest BCUT2D eigenvalue weighted by atomic mass is 10.1. The number of aromatic nitrogens is 3. The Bertz CT molecular complexity index is 1220. The Labute approximate surface area is 205 Å². The van der Waals surface area contributed by atoms with Crippen LogP contribution in [-0.2, 0) is 17.6 Å². The maximum atomic E-state index is 13.6. The minimum atomic E-state index is -0.364. The topological polar surface area (TPSA) is 80.6 Å². The van der Waals surface area contributed by atoms with Crippen LogP contribution in [0.5, 0.6) is 0 Å². The van der Waals surface area contributed by atoms with E-state index in [1.165, 1.54) is 11.3 Å². The lowest BCUT2D eigenvalue weighted by Crippen LogP contribution is -2.36. The van der Waals surface area contributed by atoms with Gasteiger partial charge < -0.3 is 14.5 Å². The number of carbonyl (C=O) groups is 2. The summed E-state index contributed by atoms with van der Waals surface area (Å²) in [5.74, 6) is 0.454. The van der Waals surface area contributed by atoms with Crippen molar-refractivity contribution in [3.63, 3.8) is 0 Å². The summed E-state index contributed by atoms with van der Waals surface area (Å²) in [6.45, 7) is 6.95. The molecule has 0 atom stereocenters. The van der Waals surface area contributed by atoms with E-state index in [1.807, 2.05) is 15.6 Å². The normalized spacial score (nSPS) is 15.6. The van der Waals surface area contributed by atoms with Crippen molar-refractivity contribution in [3.05, 3.63) is 70.7 Å². The molecule has 0 spiro atoms. The van der Waals surface area contributed by atoms with Crippen molar-refractivity contribution in [1.29, 1.82) is 0 Å². The lowest BCUT2D eigenvalue weighted by molar-refractivity contribution is 0.0525. The highest BCUT2D eigenvalue weighted by molar-refractivity contribution is 5.94. The summed E-state index contributed by atoms with van der Waals surface area (Å²) >= 11 is 0. The molecule has 5 rings (SSSR count). The van der Waals surface area contributed by atoms with Gasteiger partial charge in [0.25, 0.3) is 5.91 Å². The zero-order valence-electron chi connectivity index (χ0n) is 20.4. The van der Waals surface area contributed by atoms with Crippen molar-refractivity contribution in [3.8, 4) is 5.69 Å². The van der Waals surface area contributed by atoms with Crippen molar-refractivity contribution in [2.45, 2.75) is 39.5 Å². The van der Waals surface area contributed by atoms with Gasteiger partial charge in [0.15, 0.2) is 5.69 Å². The maximum Gasteiger partial charge on any atom is 0.339 e. The SMILES string of the molecule is CCOC(=O)c1ccc(N2CCCN(C(=O)c3nn(-c4ccc(C)cc4)c4c3CCC4)CC2)nc1. The minimum Gasteiger partial charge on any atom is -0.462 e. The van der Waals surface area contributed by atoms with Crippen LogP contribution in [0, 0.1) is 6.92 Å². The standard InChI is InChI=1S/C27H31N5O3/c1-3-35-27(34)20-10-13-24(28-18-20)30-14-5-15-31(17-16-30)26(33)25-22-6-4-7-23(22)32(29-25)21-11-8-19(2)9-12-21/h8-13,18H,3-7,14-17H2,1-2H3. The Morgan fingerprint density at radius 3 is 2.54 bits per heavy atom. The Morgan fingerprint density at radius 2 is 1.80 bits per heavy atom. The third kappa shape index (κ3) is 4.65. The minimum absolute atomic E-state index is 0.0153. The maximum absolute atomic E-state index is 13.6. The van der Waals surface area contributed by atoms with Crippen LogP contribution in [0.4, 0.5) is 5.82 Å². The number of carbonyl (C=O) groups excluding carboxylic acids is 2. The predicted molar refractivity (Wildman–Crippen MR) is 133 cm³/mol. The fourth-order valence-corrected chi connectivity index (χ4v) is 4.92. The number of rotatable bonds is 5. The monoisotopic (exact) mass is 473 g/mol. The summed E-state index contributed by atoms with van der Waals surface area (Å²) in [5.41, 5.74) is 5.52. The van der Waals surface area contributed by atoms with E-state index in [2.05, 4.69) is 41.1 Å². The number of fused-ring (bicyclic) bond motifs is 1. The highest BCUT2D eigenvalue weighted by Gasteiger charge is 2.30. The van der Waals surface area contributed by atoms with Crippen molar-refractivity contribution in [2.75, 3.05) is 37.7 Å². The van der Waals surface area contributed by atoms with E-state index in [0.717, 1.165) is 49.3 Å². The zero-order chi connectivity index (χ0) is 24.4. The molecule has 2 aliphatic rings. The summed E-state index contributed by atoms with van der Waals surface area (Å²) in [6, 6.07) is 11.9. The fraction of sp³-hybridized carbons (Fsp3) is 0.407. The number of hydrogen-bond acceptors (Lipinski definition) is 6. The molecule has 3 heterocycles. The van der Waals surface area contributed by atoms with Crippen LogP contribution < -0.4 is 4.90 Å². The van der Waals surface area contributed by atoms with Gasteiger partial charge in [-0.05, 0) is 63.8 Å². The molecule has 8 nitrogen and oxygen atoms in total. The van der Waals surface area contributed by atoms with Crippen molar-refractivity contribution >= 4 is 17.7 Å². The number of benzene rings is 1. The number of anilines is 1. The first kappa shape index (κ1) is 23.1. The number of hydrogen-bond donors (Lipinski definition) is 0. The second-order valence-corrected chi connectivity index (χ2v) is 9.13. The van der Waals surface area contributed by atoms with Gasteiger partial charge in [-0.1, -0.05) is 17.7 Å². The van der Waals surface area contributed by atoms with Gasteiger partial charge in [0, 0.05) is 43.6 Å². The number of esters is 1. The van der Waals surface area contributed by atoms with Gasteiger partial charge in [-0.25, -0.2) is 14.5 Å². The van der Waals surface area contributed by atoms with E-state index in [9.17, 15) is 9.59 Å². The number of aryl methyl sites for hydroxylation is 1. The van der Waals surface area contributed by atoms with Gasteiger partial charge in [0.05, 0.1) is 17.9 Å². The van der Waals surface area contributed by atoms with Crippen LogP contribution >= 0.6 is 0 Å². The summed E-state index contributed by atoms with van der Waals surface area (Å²) in [5, 5.41) is 4.81. The van der Waals surface area contributed by atoms with Crippen LogP contribution in [0.2, 0.25) is 0 Å². The van der Waals surface area contributed by atoms with Crippen LogP contribution in [0.3, 0.4) is 0 Å². The number of nitrogens with zero attached hydrogens (tertiary/aromatic N) is 5. The predicted octanol–water partition coefficient (Wildman–Crippen LogP) is 3.59. The molecule has 0 bridgehead atoms. The van der Waals surface area contributed by atoms with E-state index in [1.54, 1.807) is 19.2 Å². The summed E-state index contributed by atoms with van der Waals surface area (Å²) in [6.07, 6.45) is 5.31. The molecule has 3 aromatic rings. The van der Waals surface area contributed by atoms with Gasteiger partial charge in [-0.15, -0.1) is 0 Å². The lowest BCUT2D eigenvalue weighted by Gasteiger charge is -2.22. The largest absolute Gasteiger partial charge is 0.462 e. The highest BCUT2D eigenvalue weighted by Crippen LogP contribution is 2.29. The van der Waals surface area contributed by atoms with E-state index < -0.39 is 0 Å². The summed E-state index contributed by atoms with van der Waals surface area (Å²) < 4.78 is 7.00. The number of ether oxygens (including phenoxy) is 1. The number of amides is 1. The van der Waals surface area contributed by atoms with E-state index in [0.29, 0.717) is 37.5 Å². The molecular weight excluding hydrogens is 442 g/mol. The molecule has 35 heavy (non-hydrogen) atoms. The van der Waals surface area contributed by atoms with Crippen molar-refractivity contribution in [1.82, 2.24) is 19.7 Å². The van der Waals surface area contributed by atoms with Crippen LogP contribution in [0.1, 0.15) is 57.4 Å². The first-order valence-corrected chi connectivity index (χ1v) is 12.4. The van der Waals surface area contributed by atoms with Crippen LogP contribution in [-0.4, -0.2) is 64.3 Å². The third-order valence-electron chi connectivity index (χ3n) is 6.78. The second kappa shape index (κ2) is 9.90. The molecule has 0 saturated carbocycles. The molecular formula is C27H31N5O3. The molecule has 0 unspecified atom stereocenters. The molecule has 1 fully saturated rings. The molecule has 1 aliphatic heterocycles. The fourth-order valence-electron chi connectivity index (χ4n) is 4.92. The average Bonchev–Trinajstić information content (AvgIpc) is 3.40. The zero-order valence-corrected chi connectivity index (χ0v) is 20.4. The molecule has 2 aromatic heterocycles. The molecule has 8 heteroatoms. The summed E-state index contributed by atoms with van der Waals surface area (Å²) in [4.78, 5) is 34.1. The van der Waals surface area contributed by atoms with Gasteiger partial charge in [0.1, 0.15) is 5.82 Å². The third-order valence-corrected chi connectivity index (χ3v) is 6.78. The molecule has 0 radical (unpaired) electrons. The average molecular weight is 474 g/mol. The molecule has 182 valence electrons. The van der Waals surface area contributed by atoms with Gasteiger partial charge in [0.2, 0.25) is 0 Å². The Hall–Kier alpha value is -3.68. The first-order valence-electron chi connectivity index (χ1n) is 12.4. The van der Waals surface area contributed by atoms with Crippen molar-refractivity contribution in [2.24, 2.45) is 0 Å². The quantitative estimate of drug-likeness (QED) is 0.527. The smallest absolute Gasteiger partial charge is 0.339 e. The van der Waals surface area contributed by atoms with Crippen molar-refractivity contribution < 1.29 is 14.3 Å². The van der Waals surface area contributed by atoms with Crippen LogP contribution in [0.25, 0.3) is 5.69 Å². The Morgan fingerprint density at radius 1 is 0.971 bits per heavy atom. The number of pyridine rings is 1. The van der Waals surface area contributed by atoms with E-state index in [4.69, 9.17) is 9.84 Å². The van der Waals surface area contributed by atoms with E-state index >= 15 is 0 Å². The van der Waals surface area contributed by atoms with E-state index in [-0.39, 0.29) is 11.9 Å². The van der Waals surface area contributed by atoms with Gasteiger partial charge >= 0.3 is 5.97 Å². The summed E-state index contributed by atoms with van der Waals surface area (Å²) in [7, 11) is 0. The Kier molecular flexibility index (Phi) is 6.53. The molecule has 1 aromatic carbocycles. The molecule has 1 amide bonds. The van der Waals surface area contributed by atoms with Gasteiger partial charge in [-0.3, -0.25) is 4.79 Å². The Balaban J connectivity index is 1.31. The first-order chi connectivity index (χ1) is 17.0. The molecule has 0 N–H and O–H groups in total. The molecule has 1 aliphatic carbocycles. The molecule has 1 saturated heterocycles. The van der Waals surface area contributed by atoms with Gasteiger partial charge in [-0.2, -0.15) is 5.10 Å². The highest BCUT2D eigenvalue weighted by atomic mass is 16.5. The van der Waals surface area contributed by atoms with Crippen LogP contribution in [0.15, 0.2) is 42.6 Å². The second-order valence-electron chi connectivity index (χ2n) is 9.13.